The molecule has 2 nitrogen and oxygen atoms in total. The van der Waals surface area contributed by atoms with Crippen molar-refractivity contribution in [2.75, 3.05) is 10.7 Å². The molecule has 3 rings (SSSR count). The fourth-order valence-electron chi connectivity index (χ4n) is 2.33. The highest BCUT2D eigenvalue weighted by Gasteiger charge is 2.30. The first-order chi connectivity index (χ1) is 9.75. The summed E-state index contributed by atoms with van der Waals surface area (Å²) < 4.78 is 1.02. The molecule has 1 aliphatic rings. The molecule has 1 aliphatic heterocycles. The zero-order chi connectivity index (χ0) is 13.9. The van der Waals surface area contributed by atoms with Gasteiger partial charge >= 0.3 is 0 Å². The number of amides is 1. The third-order valence-corrected chi connectivity index (χ3v) is 5.05. The van der Waals surface area contributed by atoms with Gasteiger partial charge in [-0.2, -0.15) is 0 Å². The molecule has 1 saturated heterocycles. The number of hydrogen-bond acceptors (Lipinski definition) is 2. The van der Waals surface area contributed by atoms with Crippen LogP contribution in [0.15, 0.2) is 59.1 Å². The van der Waals surface area contributed by atoms with Crippen molar-refractivity contribution in [2.24, 2.45) is 0 Å². The van der Waals surface area contributed by atoms with Crippen molar-refractivity contribution in [2.45, 2.75) is 11.8 Å². The molecule has 2 aromatic rings. The maximum atomic E-state index is 12.4. The molecule has 0 bridgehead atoms. The molecule has 0 spiro atoms. The number of nitrogens with zero attached hydrogens (tertiary/aromatic N) is 1. The van der Waals surface area contributed by atoms with Gasteiger partial charge in [-0.1, -0.05) is 46.3 Å². The number of hydrogen-bond donors (Lipinski definition) is 0. The summed E-state index contributed by atoms with van der Waals surface area (Å²) in [6.45, 7) is 0. The fraction of sp³-hybridized carbons (Fsp3) is 0.188. The number of anilines is 1. The van der Waals surface area contributed by atoms with Gasteiger partial charge in [-0.15, -0.1) is 11.8 Å². The Kier molecular flexibility index (Phi) is 4.13. The van der Waals surface area contributed by atoms with Crippen molar-refractivity contribution in [1.82, 2.24) is 0 Å². The predicted octanol–water partition coefficient (Wildman–Crippen LogP) is 4.62. The summed E-state index contributed by atoms with van der Waals surface area (Å²) in [5.74, 6) is 1.07. The SMILES string of the molecule is O=C1CCSC(c2ccccc2)N1c1ccc(Br)cc1. The fourth-order valence-corrected chi connectivity index (χ4v) is 3.85. The van der Waals surface area contributed by atoms with Gasteiger partial charge < -0.3 is 0 Å². The van der Waals surface area contributed by atoms with E-state index in [0.29, 0.717) is 6.42 Å². The Hall–Kier alpha value is -1.26. The van der Waals surface area contributed by atoms with Crippen LogP contribution in [0, 0.1) is 0 Å². The van der Waals surface area contributed by atoms with Gasteiger partial charge in [-0.3, -0.25) is 9.69 Å². The van der Waals surface area contributed by atoms with E-state index in [1.165, 1.54) is 5.56 Å². The first-order valence-corrected chi connectivity index (χ1v) is 8.34. The second-order valence-electron chi connectivity index (χ2n) is 4.62. The van der Waals surface area contributed by atoms with Crippen LogP contribution < -0.4 is 4.90 Å². The first-order valence-electron chi connectivity index (χ1n) is 6.50. The van der Waals surface area contributed by atoms with Gasteiger partial charge in [-0.25, -0.2) is 0 Å². The molecule has 0 N–H and O–H groups in total. The smallest absolute Gasteiger partial charge is 0.229 e. The van der Waals surface area contributed by atoms with Gasteiger partial charge in [-0.05, 0) is 29.8 Å². The van der Waals surface area contributed by atoms with Crippen LogP contribution in [0.1, 0.15) is 17.4 Å². The third kappa shape index (κ3) is 2.76. The second-order valence-corrected chi connectivity index (χ2v) is 6.73. The summed E-state index contributed by atoms with van der Waals surface area (Å²) in [6, 6.07) is 18.2. The summed E-state index contributed by atoms with van der Waals surface area (Å²) >= 11 is 5.26. The highest BCUT2D eigenvalue weighted by atomic mass is 79.9. The van der Waals surface area contributed by atoms with Crippen molar-refractivity contribution in [3.63, 3.8) is 0 Å². The molecular weight excluding hydrogens is 334 g/mol. The Morgan fingerprint density at radius 3 is 2.45 bits per heavy atom. The van der Waals surface area contributed by atoms with Crippen LogP contribution in [-0.2, 0) is 4.79 Å². The van der Waals surface area contributed by atoms with Gasteiger partial charge in [0.1, 0.15) is 5.37 Å². The summed E-state index contributed by atoms with van der Waals surface area (Å²) in [5.41, 5.74) is 2.13. The van der Waals surface area contributed by atoms with E-state index in [-0.39, 0.29) is 11.3 Å². The number of halogens is 1. The summed E-state index contributed by atoms with van der Waals surface area (Å²) in [6.07, 6.45) is 0.601. The van der Waals surface area contributed by atoms with E-state index in [1.54, 1.807) is 0 Å². The van der Waals surface area contributed by atoms with Crippen LogP contribution in [-0.4, -0.2) is 11.7 Å². The van der Waals surface area contributed by atoms with E-state index in [4.69, 9.17) is 0 Å². The summed E-state index contributed by atoms with van der Waals surface area (Å²) in [5, 5.41) is 0.0682. The number of carbonyl (C=O) groups excluding carboxylic acids is 1. The van der Waals surface area contributed by atoms with Crippen LogP contribution in [0.4, 0.5) is 5.69 Å². The predicted molar refractivity (Wildman–Crippen MR) is 87.9 cm³/mol. The average Bonchev–Trinajstić information content (AvgIpc) is 2.49. The minimum Gasteiger partial charge on any atom is -0.296 e. The lowest BCUT2D eigenvalue weighted by molar-refractivity contribution is -0.118. The van der Waals surface area contributed by atoms with Gasteiger partial charge in [0.05, 0.1) is 0 Å². The van der Waals surface area contributed by atoms with Crippen molar-refractivity contribution in [1.29, 1.82) is 0 Å². The van der Waals surface area contributed by atoms with Crippen molar-refractivity contribution >= 4 is 39.3 Å². The Balaban J connectivity index is 1.99. The largest absolute Gasteiger partial charge is 0.296 e. The number of rotatable bonds is 2. The minimum atomic E-state index is 0.0682. The van der Waals surface area contributed by atoms with Gasteiger partial charge in [0.15, 0.2) is 0 Å². The van der Waals surface area contributed by atoms with E-state index < -0.39 is 0 Å². The average molecular weight is 348 g/mol. The minimum absolute atomic E-state index is 0.0682. The van der Waals surface area contributed by atoms with Gasteiger partial charge in [0.25, 0.3) is 0 Å². The van der Waals surface area contributed by atoms with E-state index in [1.807, 2.05) is 59.1 Å². The molecule has 102 valence electrons. The van der Waals surface area contributed by atoms with Crippen molar-refractivity contribution < 1.29 is 4.79 Å². The Bertz CT molecular complexity index is 600. The van der Waals surface area contributed by atoms with E-state index in [0.717, 1.165) is 15.9 Å². The monoisotopic (exact) mass is 347 g/mol. The molecule has 0 aromatic heterocycles. The van der Waals surface area contributed by atoms with Gasteiger partial charge in [0, 0.05) is 22.3 Å². The third-order valence-electron chi connectivity index (χ3n) is 3.28. The maximum Gasteiger partial charge on any atom is 0.229 e. The summed E-state index contributed by atoms with van der Waals surface area (Å²) in [4.78, 5) is 14.3. The van der Waals surface area contributed by atoms with Gasteiger partial charge in [0.2, 0.25) is 5.91 Å². The second kappa shape index (κ2) is 6.02. The highest BCUT2D eigenvalue weighted by Crippen LogP contribution is 2.40. The van der Waals surface area contributed by atoms with Crippen LogP contribution in [0.25, 0.3) is 0 Å². The lowest BCUT2D eigenvalue weighted by Gasteiger charge is -2.35. The zero-order valence-corrected chi connectivity index (χ0v) is 13.2. The molecule has 1 unspecified atom stereocenters. The molecule has 4 heteroatoms. The van der Waals surface area contributed by atoms with E-state index in [2.05, 4.69) is 28.1 Å². The molecule has 1 fully saturated rings. The topological polar surface area (TPSA) is 20.3 Å². The zero-order valence-electron chi connectivity index (χ0n) is 10.8. The molecule has 0 radical (unpaired) electrons. The lowest BCUT2D eigenvalue weighted by Crippen LogP contribution is -2.37. The Labute approximate surface area is 131 Å². The summed E-state index contributed by atoms with van der Waals surface area (Å²) in [7, 11) is 0. The quantitative estimate of drug-likeness (QED) is 0.789. The highest BCUT2D eigenvalue weighted by molar-refractivity contribution is 9.10. The Morgan fingerprint density at radius 1 is 1.05 bits per heavy atom. The first kappa shape index (κ1) is 13.7. The maximum absolute atomic E-state index is 12.4. The molecule has 0 saturated carbocycles. The van der Waals surface area contributed by atoms with Crippen LogP contribution in [0.3, 0.4) is 0 Å². The molecule has 1 atom stereocenters. The van der Waals surface area contributed by atoms with Crippen LogP contribution >= 0.6 is 27.7 Å². The molecule has 20 heavy (non-hydrogen) atoms. The Morgan fingerprint density at radius 2 is 1.75 bits per heavy atom. The molecule has 1 amide bonds. The molecule has 1 heterocycles. The molecular formula is C16H14BrNOS. The normalized spacial score (nSPS) is 19.1. The van der Waals surface area contributed by atoms with Crippen LogP contribution in [0.5, 0.6) is 0 Å². The van der Waals surface area contributed by atoms with Crippen molar-refractivity contribution in [3.05, 3.63) is 64.6 Å². The van der Waals surface area contributed by atoms with E-state index >= 15 is 0 Å². The number of thioether (sulfide) groups is 1. The van der Waals surface area contributed by atoms with E-state index in [9.17, 15) is 4.79 Å². The number of carbonyl (C=O) groups is 1. The van der Waals surface area contributed by atoms with Crippen molar-refractivity contribution in [3.8, 4) is 0 Å². The lowest BCUT2D eigenvalue weighted by atomic mass is 10.1. The van der Waals surface area contributed by atoms with Crippen LogP contribution in [0.2, 0.25) is 0 Å². The number of benzene rings is 2. The molecule has 0 aliphatic carbocycles. The standard InChI is InChI=1S/C16H14BrNOS/c17-13-6-8-14(9-7-13)18-15(19)10-11-20-16(18)12-4-2-1-3-5-12/h1-9,16H,10-11H2. The molecule has 2 aromatic carbocycles.